The third-order valence-electron chi connectivity index (χ3n) is 4.51. The lowest BCUT2D eigenvalue weighted by atomic mass is 10.1. The Hall–Kier alpha value is -3.27. The van der Waals surface area contributed by atoms with Gasteiger partial charge in [-0.1, -0.05) is 12.1 Å². The highest BCUT2D eigenvalue weighted by molar-refractivity contribution is 5.71. The molecule has 1 N–H and O–H groups in total. The molecule has 0 bridgehead atoms. The summed E-state index contributed by atoms with van der Waals surface area (Å²) in [5.41, 5.74) is 6.30. The van der Waals surface area contributed by atoms with E-state index in [1.807, 2.05) is 44.3 Å². The van der Waals surface area contributed by atoms with Gasteiger partial charge in [0.25, 0.3) is 0 Å². The maximum atomic E-state index is 9.55. The second-order valence-electron chi connectivity index (χ2n) is 6.99. The number of hydrogen-bond donors (Lipinski definition) is 1. The molecule has 2 aromatic carbocycles. The van der Waals surface area contributed by atoms with Crippen LogP contribution in [0.4, 0.5) is 0 Å². The first-order chi connectivity index (χ1) is 13.0. The molecular weight excluding hydrogens is 336 g/mol. The lowest BCUT2D eigenvalue weighted by Gasteiger charge is -2.11. The Labute approximate surface area is 158 Å². The summed E-state index contributed by atoms with van der Waals surface area (Å²) in [7, 11) is 0. The van der Waals surface area contributed by atoms with Crippen molar-refractivity contribution in [1.29, 1.82) is 0 Å². The molecule has 0 atom stereocenters. The van der Waals surface area contributed by atoms with Crippen LogP contribution in [0.5, 0.6) is 11.5 Å². The second kappa shape index (κ2) is 6.80. The van der Waals surface area contributed by atoms with Gasteiger partial charge in [0.1, 0.15) is 17.1 Å². The van der Waals surface area contributed by atoms with E-state index in [0.717, 1.165) is 39.3 Å². The van der Waals surface area contributed by atoms with Crippen molar-refractivity contribution >= 4 is 5.65 Å². The molecule has 2 heterocycles. The summed E-state index contributed by atoms with van der Waals surface area (Å²) < 4.78 is 7.84. The first kappa shape index (κ1) is 17.2. The fraction of sp³-hybridized carbons (Fsp3) is 0.174. The Morgan fingerprint density at radius 3 is 2.26 bits per heavy atom. The molecule has 0 saturated heterocycles. The number of fused-ring (bicyclic) bond motifs is 1. The summed E-state index contributed by atoms with van der Waals surface area (Å²) in [6, 6.07) is 17.5. The summed E-state index contributed by atoms with van der Waals surface area (Å²) in [5.74, 6) is 1.13. The number of rotatable bonds is 4. The predicted molar refractivity (Wildman–Crippen MR) is 108 cm³/mol. The van der Waals surface area contributed by atoms with E-state index < -0.39 is 0 Å². The number of hydrogen-bond acceptors (Lipinski definition) is 3. The van der Waals surface area contributed by atoms with E-state index in [4.69, 9.17) is 4.74 Å². The molecule has 0 amide bonds. The van der Waals surface area contributed by atoms with Crippen LogP contribution in [-0.4, -0.2) is 20.6 Å². The van der Waals surface area contributed by atoms with Gasteiger partial charge in [-0.3, -0.25) is 4.40 Å². The van der Waals surface area contributed by atoms with Crippen molar-refractivity contribution < 1.29 is 9.84 Å². The summed E-state index contributed by atoms with van der Waals surface area (Å²) >= 11 is 0. The second-order valence-corrected chi connectivity index (χ2v) is 6.99. The number of imidazole rings is 1. The minimum Gasteiger partial charge on any atom is -0.508 e. The zero-order chi connectivity index (χ0) is 19.0. The number of aromatic nitrogens is 2. The van der Waals surface area contributed by atoms with Crippen LogP contribution in [0, 0.1) is 6.92 Å². The number of pyridine rings is 1. The van der Waals surface area contributed by atoms with E-state index in [1.165, 1.54) is 0 Å². The smallest absolute Gasteiger partial charge is 0.140 e. The average molecular weight is 358 g/mol. The molecule has 0 aliphatic rings. The van der Waals surface area contributed by atoms with E-state index in [9.17, 15) is 5.11 Å². The molecule has 0 radical (unpaired) electrons. The number of benzene rings is 2. The Bertz CT molecular complexity index is 1080. The normalized spacial score (nSPS) is 11.3. The first-order valence-corrected chi connectivity index (χ1v) is 9.05. The molecule has 27 heavy (non-hydrogen) atoms. The van der Waals surface area contributed by atoms with Crippen molar-refractivity contribution in [2.24, 2.45) is 0 Å². The molecule has 4 heteroatoms. The molecule has 0 aliphatic heterocycles. The van der Waals surface area contributed by atoms with Crippen LogP contribution < -0.4 is 4.74 Å². The van der Waals surface area contributed by atoms with Gasteiger partial charge >= 0.3 is 0 Å². The van der Waals surface area contributed by atoms with E-state index in [1.54, 1.807) is 12.1 Å². The minimum atomic E-state index is 0.160. The van der Waals surface area contributed by atoms with E-state index in [-0.39, 0.29) is 11.9 Å². The van der Waals surface area contributed by atoms with Crippen LogP contribution in [0.3, 0.4) is 0 Å². The van der Waals surface area contributed by atoms with Crippen molar-refractivity contribution in [2.75, 3.05) is 0 Å². The van der Waals surface area contributed by atoms with Gasteiger partial charge in [0.2, 0.25) is 0 Å². The molecule has 4 nitrogen and oxygen atoms in total. The van der Waals surface area contributed by atoms with Gasteiger partial charge in [0.15, 0.2) is 0 Å². The Balaban J connectivity index is 1.78. The van der Waals surface area contributed by atoms with Crippen molar-refractivity contribution in [3.63, 3.8) is 0 Å². The topological polar surface area (TPSA) is 46.8 Å². The molecular formula is C23H22N2O2. The quantitative estimate of drug-likeness (QED) is 0.526. The van der Waals surface area contributed by atoms with Crippen LogP contribution in [-0.2, 0) is 0 Å². The monoisotopic (exact) mass is 358 g/mol. The summed E-state index contributed by atoms with van der Waals surface area (Å²) in [5, 5.41) is 9.55. The molecule has 4 aromatic rings. The van der Waals surface area contributed by atoms with Gasteiger partial charge in [0.05, 0.1) is 18.0 Å². The lowest BCUT2D eigenvalue weighted by molar-refractivity contribution is 0.242. The fourth-order valence-electron chi connectivity index (χ4n) is 3.26. The van der Waals surface area contributed by atoms with Crippen LogP contribution in [0.15, 0.2) is 67.0 Å². The van der Waals surface area contributed by atoms with Crippen LogP contribution in [0.1, 0.15) is 19.4 Å². The predicted octanol–water partition coefficient (Wildman–Crippen LogP) is 5.47. The molecule has 0 fully saturated rings. The number of nitrogens with zero attached hydrogens (tertiary/aromatic N) is 2. The van der Waals surface area contributed by atoms with Crippen molar-refractivity contribution in [3.05, 3.63) is 72.6 Å². The largest absolute Gasteiger partial charge is 0.508 e. The SMILES string of the molecule is Cc1cc(-c2ccc(OC(C)C)cc2)cn2c(-c3ccc(O)cc3)cnc12. The molecule has 0 saturated carbocycles. The zero-order valence-electron chi connectivity index (χ0n) is 15.7. The average Bonchev–Trinajstić information content (AvgIpc) is 3.07. The third kappa shape index (κ3) is 3.38. The number of phenols is 1. The first-order valence-electron chi connectivity index (χ1n) is 9.05. The highest BCUT2D eigenvalue weighted by Gasteiger charge is 2.11. The molecule has 2 aromatic heterocycles. The van der Waals surface area contributed by atoms with E-state index in [0.29, 0.717) is 0 Å². The summed E-state index contributed by atoms with van der Waals surface area (Å²) in [6.07, 6.45) is 4.14. The van der Waals surface area contributed by atoms with E-state index >= 15 is 0 Å². The van der Waals surface area contributed by atoms with Gasteiger partial charge in [-0.15, -0.1) is 0 Å². The molecule has 136 valence electrons. The highest BCUT2D eigenvalue weighted by atomic mass is 16.5. The van der Waals surface area contributed by atoms with Crippen LogP contribution >= 0.6 is 0 Å². The number of ether oxygens (including phenoxy) is 1. The zero-order valence-corrected chi connectivity index (χ0v) is 15.7. The van der Waals surface area contributed by atoms with E-state index in [2.05, 4.69) is 40.7 Å². The van der Waals surface area contributed by atoms with Crippen molar-refractivity contribution in [1.82, 2.24) is 9.38 Å². The summed E-state index contributed by atoms with van der Waals surface area (Å²) in [4.78, 5) is 4.58. The lowest BCUT2D eigenvalue weighted by Crippen LogP contribution is -2.05. The summed E-state index contributed by atoms with van der Waals surface area (Å²) in [6.45, 7) is 6.12. The molecule has 0 spiro atoms. The van der Waals surface area contributed by atoms with Crippen molar-refractivity contribution in [3.8, 4) is 33.9 Å². The Morgan fingerprint density at radius 2 is 1.59 bits per heavy atom. The van der Waals surface area contributed by atoms with Crippen LogP contribution in [0.2, 0.25) is 0 Å². The molecule has 4 rings (SSSR count). The number of aromatic hydroxyl groups is 1. The molecule has 0 aliphatic carbocycles. The Morgan fingerprint density at radius 1 is 0.926 bits per heavy atom. The minimum absolute atomic E-state index is 0.160. The van der Waals surface area contributed by atoms with Gasteiger partial charge in [0, 0.05) is 11.8 Å². The maximum Gasteiger partial charge on any atom is 0.140 e. The van der Waals surface area contributed by atoms with Gasteiger partial charge in [-0.2, -0.15) is 0 Å². The van der Waals surface area contributed by atoms with Crippen molar-refractivity contribution in [2.45, 2.75) is 26.9 Å². The maximum absolute atomic E-state index is 9.55. The van der Waals surface area contributed by atoms with Gasteiger partial charge in [-0.05, 0) is 79.9 Å². The van der Waals surface area contributed by atoms with Gasteiger partial charge < -0.3 is 9.84 Å². The third-order valence-corrected chi connectivity index (χ3v) is 4.51. The number of aryl methyl sites for hydroxylation is 1. The highest BCUT2D eigenvalue weighted by Crippen LogP contribution is 2.29. The standard InChI is InChI=1S/C23H22N2O2/c1-15(2)27-21-10-6-17(7-11-21)19-12-16(3)23-24-13-22(25(23)14-19)18-4-8-20(26)9-5-18/h4-15,26H,1-3H3. The molecule has 0 unspecified atom stereocenters. The Kier molecular flexibility index (Phi) is 4.32. The van der Waals surface area contributed by atoms with Crippen LogP contribution in [0.25, 0.3) is 28.0 Å². The number of phenolic OH excluding ortho intramolecular Hbond substituents is 1. The van der Waals surface area contributed by atoms with Gasteiger partial charge in [-0.25, -0.2) is 4.98 Å². The fourth-order valence-corrected chi connectivity index (χ4v) is 3.26.